The summed E-state index contributed by atoms with van der Waals surface area (Å²) in [5, 5.41) is 5.63. The van der Waals surface area contributed by atoms with Gasteiger partial charge >= 0.3 is 0 Å². The van der Waals surface area contributed by atoms with Crippen molar-refractivity contribution in [1.82, 2.24) is 15.3 Å². The fraction of sp³-hybridized carbons (Fsp3) is 0.583. The smallest absolute Gasteiger partial charge is 0.239 e. The summed E-state index contributed by atoms with van der Waals surface area (Å²) in [6, 6.07) is 0. The first-order chi connectivity index (χ1) is 9.08. The van der Waals surface area contributed by atoms with E-state index in [4.69, 9.17) is 0 Å². The van der Waals surface area contributed by atoms with Gasteiger partial charge in [0.05, 0.1) is 12.7 Å². The number of halogens is 1. The number of aromatic nitrogens is 2. The summed E-state index contributed by atoms with van der Waals surface area (Å²) in [7, 11) is 1.62. The Morgan fingerprint density at radius 3 is 2.84 bits per heavy atom. The van der Waals surface area contributed by atoms with Gasteiger partial charge in [0.2, 0.25) is 11.9 Å². The topological polar surface area (TPSA) is 70.2 Å². The minimum absolute atomic E-state index is 0.0506. The molecule has 1 heterocycles. The molecular weight excluding hydrogens is 249 g/mol. The minimum atomic E-state index is -0.547. The number of likely N-dealkylation sites (N-methyl/N-ethyl adjacent to an activating group) is 2. The number of rotatable bonds is 7. The van der Waals surface area contributed by atoms with Gasteiger partial charge in [0.1, 0.15) is 0 Å². The van der Waals surface area contributed by atoms with Gasteiger partial charge in [-0.3, -0.25) is 4.79 Å². The largest absolute Gasteiger partial charge is 0.355 e. The Balaban J connectivity index is 2.76. The molecule has 1 rings (SSSR count). The molecule has 1 amide bonds. The van der Waals surface area contributed by atoms with Gasteiger partial charge in [-0.25, -0.2) is 9.37 Å². The predicted molar refractivity (Wildman–Crippen MR) is 72.7 cm³/mol. The van der Waals surface area contributed by atoms with Crippen LogP contribution in [0.25, 0.3) is 0 Å². The van der Waals surface area contributed by atoms with Gasteiger partial charge in [0, 0.05) is 20.1 Å². The van der Waals surface area contributed by atoms with Gasteiger partial charge < -0.3 is 15.5 Å². The van der Waals surface area contributed by atoms with Crippen molar-refractivity contribution in [3.63, 3.8) is 0 Å². The molecule has 106 valence electrons. The number of anilines is 2. The number of nitrogens with one attached hydrogen (secondary N) is 2. The van der Waals surface area contributed by atoms with Crippen LogP contribution in [0.1, 0.15) is 20.3 Å². The second-order valence-corrected chi connectivity index (χ2v) is 4.10. The second kappa shape index (κ2) is 7.50. The molecule has 7 heteroatoms. The summed E-state index contributed by atoms with van der Waals surface area (Å²) in [6.45, 7) is 5.15. The lowest BCUT2D eigenvalue weighted by atomic mass is 10.4. The summed E-state index contributed by atoms with van der Waals surface area (Å²) in [4.78, 5) is 20.8. The van der Waals surface area contributed by atoms with Gasteiger partial charge in [-0.15, -0.1) is 0 Å². The highest BCUT2D eigenvalue weighted by atomic mass is 19.1. The van der Waals surface area contributed by atoms with Gasteiger partial charge in [-0.1, -0.05) is 6.92 Å². The highest BCUT2D eigenvalue weighted by Gasteiger charge is 2.14. The van der Waals surface area contributed by atoms with E-state index in [1.807, 2.05) is 13.8 Å². The second-order valence-electron chi connectivity index (χ2n) is 4.10. The molecule has 6 nitrogen and oxygen atoms in total. The van der Waals surface area contributed by atoms with Gasteiger partial charge in [0.25, 0.3) is 0 Å². The molecule has 1 aromatic heterocycles. The Morgan fingerprint density at radius 1 is 1.47 bits per heavy atom. The van der Waals surface area contributed by atoms with E-state index in [1.54, 1.807) is 7.05 Å². The maximum Gasteiger partial charge on any atom is 0.239 e. The zero-order valence-corrected chi connectivity index (χ0v) is 11.5. The van der Waals surface area contributed by atoms with Crippen LogP contribution in [0.15, 0.2) is 6.20 Å². The Kier molecular flexibility index (Phi) is 5.98. The fourth-order valence-corrected chi connectivity index (χ4v) is 1.49. The van der Waals surface area contributed by atoms with Crippen LogP contribution in [0.5, 0.6) is 0 Å². The molecule has 0 bridgehead atoms. The van der Waals surface area contributed by atoms with Crippen molar-refractivity contribution in [3.8, 4) is 0 Å². The number of nitrogens with zero attached hydrogens (tertiary/aromatic N) is 3. The third kappa shape index (κ3) is 4.69. The first-order valence-corrected chi connectivity index (χ1v) is 6.32. The van der Waals surface area contributed by atoms with Crippen molar-refractivity contribution in [3.05, 3.63) is 12.0 Å². The lowest BCUT2D eigenvalue weighted by molar-refractivity contribution is -0.119. The van der Waals surface area contributed by atoms with Crippen molar-refractivity contribution in [1.29, 1.82) is 0 Å². The van der Waals surface area contributed by atoms with Crippen LogP contribution < -0.4 is 15.5 Å². The monoisotopic (exact) mass is 269 g/mol. The highest BCUT2D eigenvalue weighted by Crippen LogP contribution is 2.15. The Morgan fingerprint density at radius 2 is 2.21 bits per heavy atom. The van der Waals surface area contributed by atoms with Crippen molar-refractivity contribution in [2.24, 2.45) is 0 Å². The zero-order chi connectivity index (χ0) is 14.3. The molecule has 0 radical (unpaired) electrons. The molecular formula is C12H20FN5O. The number of carbonyl (C=O) groups excluding carboxylic acids is 1. The molecule has 2 N–H and O–H groups in total. The molecule has 1 aromatic rings. The number of carbonyl (C=O) groups is 1. The molecule has 0 saturated carbocycles. The maximum absolute atomic E-state index is 13.7. The molecule has 0 aromatic carbocycles. The van der Waals surface area contributed by atoms with E-state index in [2.05, 4.69) is 20.6 Å². The standard InChI is InChI=1S/C12H20FN5O/c1-4-6-15-12-16-7-9(13)11(17-12)18(3)8-10(19)14-5-2/h7H,4-6,8H2,1-3H3,(H,14,19)(H,15,16,17). The van der Waals surface area contributed by atoms with Gasteiger partial charge in [0.15, 0.2) is 11.6 Å². The van der Waals surface area contributed by atoms with E-state index in [-0.39, 0.29) is 18.3 Å². The molecule has 0 fully saturated rings. The van der Waals surface area contributed by atoms with E-state index >= 15 is 0 Å². The molecule has 0 spiro atoms. The molecule has 19 heavy (non-hydrogen) atoms. The van der Waals surface area contributed by atoms with E-state index in [0.29, 0.717) is 19.0 Å². The van der Waals surface area contributed by atoms with Crippen LogP contribution in [0.3, 0.4) is 0 Å². The fourth-order valence-electron chi connectivity index (χ4n) is 1.49. The summed E-state index contributed by atoms with van der Waals surface area (Å²) < 4.78 is 13.7. The van der Waals surface area contributed by atoms with Crippen molar-refractivity contribution in [2.75, 3.05) is 36.9 Å². The summed E-state index contributed by atoms with van der Waals surface area (Å²) >= 11 is 0. The molecule has 0 unspecified atom stereocenters. The van der Waals surface area contributed by atoms with Crippen LogP contribution in [-0.4, -0.2) is 42.6 Å². The van der Waals surface area contributed by atoms with Crippen molar-refractivity contribution in [2.45, 2.75) is 20.3 Å². The molecule has 0 saturated heterocycles. The van der Waals surface area contributed by atoms with Crippen LogP contribution in [-0.2, 0) is 4.79 Å². The minimum Gasteiger partial charge on any atom is -0.355 e. The lowest BCUT2D eigenvalue weighted by Crippen LogP contribution is -2.35. The first-order valence-electron chi connectivity index (χ1n) is 6.32. The highest BCUT2D eigenvalue weighted by molar-refractivity contribution is 5.80. The maximum atomic E-state index is 13.7. The van der Waals surface area contributed by atoms with E-state index in [1.165, 1.54) is 4.90 Å². The average molecular weight is 269 g/mol. The van der Waals surface area contributed by atoms with E-state index < -0.39 is 5.82 Å². The Labute approximate surface area is 112 Å². The third-order valence-electron chi connectivity index (χ3n) is 2.38. The summed E-state index contributed by atoms with van der Waals surface area (Å²) in [5.41, 5.74) is 0. The lowest BCUT2D eigenvalue weighted by Gasteiger charge is -2.18. The normalized spacial score (nSPS) is 10.1. The van der Waals surface area contributed by atoms with Crippen LogP contribution in [0, 0.1) is 5.82 Å². The molecule has 0 atom stereocenters. The third-order valence-corrected chi connectivity index (χ3v) is 2.38. The Hall–Kier alpha value is -1.92. The van der Waals surface area contributed by atoms with Crippen LogP contribution in [0.2, 0.25) is 0 Å². The predicted octanol–water partition coefficient (Wildman–Crippen LogP) is 1.01. The van der Waals surface area contributed by atoms with Crippen molar-refractivity contribution < 1.29 is 9.18 Å². The van der Waals surface area contributed by atoms with Gasteiger partial charge in [-0.2, -0.15) is 4.98 Å². The number of amides is 1. The molecule has 0 aliphatic carbocycles. The Bertz CT molecular complexity index is 427. The summed E-state index contributed by atoms with van der Waals surface area (Å²) in [6.07, 6.45) is 2.03. The molecule has 0 aliphatic rings. The van der Waals surface area contributed by atoms with E-state index in [0.717, 1.165) is 12.6 Å². The summed E-state index contributed by atoms with van der Waals surface area (Å²) in [5.74, 6) is -0.249. The SMILES string of the molecule is CCCNc1ncc(F)c(N(C)CC(=O)NCC)n1. The molecule has 0 aliphatic heterocycles. The first kappa shape index (κ1) is 15.1. The average Bonchev–Trinajstić information content (AvgIpc) is 2.37. The van der Waals surface area contributed by atoms with Crippen LogP contribution >= 0.6 is 0 Å². The van der Waals surface area contributed by atoms with Crippen LogP contribution in [0.4, 0.5) is 16.2 Å². The zero-order valence-electron chi connectivity index (χ0n) is 11.5. The number of hydrogen-bond donors (Lipinski definition) is 2. The van der Waals surface area contributed by atoms with Crippen molar-refractivity contribution >= 4 is 17.7 Å². The van der Waals surface area contributed by atoms with E-state index in [9.17, 15) is 9.18 Å². The number of hydrogen-bond acceptors (Lipinski definition) is 5. The van der Waals surface area contributed by atoms with Gasteiger partial charge in [-0.05, 0) is 13.3 Å². The quantitative estimate of drug-likeness (QED) is 0.773.